The number of carbonyl (C=O) groups excluding carboxylic acids is 1. The minimum absolute atomic E-state index is 0.0875. The number of pyridine rings is 1. The van der Waals surface area contributed by atoms with Crippen molar-refractivity contribution >= 4 is 11.7 Å². The minimum atomic E-state index is -1.02. The van der Waals surface area contributed by atoms with Gasteiger partial charge in [0.05, 0.1) is 25.7 Å². The first kappa shape index (κ1) is 16.1. The van der Waals surface area contributed by atoms with Crippen LogP contribution in [0.25, 0.3) is 0 Å². The smallest absolute Gasteiger partial charge is 0.237 e. The Hall–Kier alpha value is -1.73. The molecule has 1 aromatic rings. The second-order valence-corrected chi connectivity index (χ2v) is 6.17. The Balaban J connectivity index is 1.50. The number of amides is 1. The van der Waals surface area contributed by atoms with E-state index >= 15 is 0 Å². The largest absolute Gasteiger partial charge is 0.394 e. The van der Waals surface area contributed by atoms with E-state index in [2.05, 4.69) is 14.8 Å². The summed E-state index contributed by atoms with van der Waals surface area (Å²) >= 11 is 0. The number of likely N-dealkylation sites (tertiary alicyclic amines) is 1. The predicted octanol–water partition coefficient (Wildman–Crippen LogP) is 0.135. The average molecular weight is 322 g/mol. The topological polar surface area (TPSA) is 59.9 Å². The summed E-state index contributed by atoms with van der Waals surface area (Å²) in [5.74, 6) is 0.870. The van der Waals surface area contributed by atoms with Crippen LogP contribution in [0.2, 0.25) is 0 Å². The van der Waals surface area contributed by atoms with Gasteiger partial charge in [-0.1, -0.05) is 6.07 Å². The third kappa shape index (κ3) is 3.79. The lowest BCUT2D eigenvalue weighted by Crippen LogP contribution is -2.51. The summed E-state index contributed by atoms with van der Waals surface area (Å²) in [6.07, 6.45) is 1.01. The Morgan fingerprint density at radius 2 is 2.09 bits per heavy atom. The Kier molecular flexibility index (Phi) is 5.07. The number of anilines is 1. The van der Waals surface area contributed by atoms with Gasteiger partial charge in [0.1, 0.15) is 12.0 Å². The van der Waals surface area contributed by atoms with E-state index in [0.29, 0.717) is 6.54 Å². The third-order valence-corrected chi connectivity index (χ3v) is 4.60. The number of alkyl halides is 1. The fourth-order valence-electron chi connectivity index (χ4n) is 3.30. The zero-order chi connectivity index (χ0) is 16.2. The monoisotopic (exact) mass is 322 g/mol. The zero-order valence-electron chi connectivity index (χ0n) is 13.1. The van der Waals surface area contributed by atoms with Gasteiger partial charge in [-0.3, -0.25) is 9.69 Å². The van der Waals surface area contributed by atoms with Crippen molar-refractivity contribution < 1.29 is 14.3 Å². The fraction of sp³-hybridized carbons (Fsp3) is 0.625. The number of aliphatic hydroxyl groups is 1. The lowest BCUT2D eigenvalue weighted by Gasteiger charge is -2.36. The quantitative estimate of drug-likeness (QED) is 0.854. The van der Waals surface area contributed by atoms with Crippen LogP contribution in [-0.2, 0) is 4.79 Å². The number of aromatic nitrogens is 1. The van der Waals surface area contributed by atoms with Gasteiger partial charge in [0, 0.05) is 38.8 Å². The highest BCUT2D eigenvalue weighted by Gasteiger charge is 2.35. The van der Waals surface area contributed by atoms with Crippen molar-refractivity contribution in [1.82, 2.24) is 14.8 Å². The van der Waals surface area contributed by atoms with Crippen molar-refractivity contribution in [3.05, 3.63) is 24.4 Å². The molecule has 0 aliphatic carbocycles. The molecule has 3 rings (SSSR count). The van der Waals surface area contributed by atoms with Crippen LogP contribution >= 0.6 is 0 Å². The molecule has 7 heteroatoms. The summed E-state index contributed by atoms with van der Waals surface area (Å²) < 4.78 is 13.5. The molecule has 2 aliphatic heterocycles. The Morgan fingerprint density at radius 3 is 2.74 bits per heavy atom. The van der Waals surface area contributed by atoms with Crippen molar-refractivity contribution in [2.24, 2.45) is 0 Å². The molecule has 1 N–H and O–H groups in total. The van der Waals surface area contributed by atoms with Crippen LogP contribution in [0.1, 0.15) is 6.42 Å². The summed E-state index contributed by atoms with van der Waals surface area (Å²) in [4.78, 5) is 22.5. The van der Waals surface area contributed by atoms with E-state index in [1.807, 2.05) is 18.2 Å². The van der Waals surface area contributed by atoms with Gasteiger partial charge in [-0.2, -0.15) is 0 Å². The molecule has 1 aromatic heterocycles. The van der Waals surface area contributed by atoms with E-state index in [1.165, 1.54) is 4.90 Å². The van der Waals surface area contributed by atoms with Gasteiger partial charge in [-0.25, -0.2) is 9.37 Å². The first-order valence-electron chi connectivity index (χ1n) is 8.10. The first-order valence-corrected chi connectivity index (χ1v) is 8.10. The molecule has 0 aromatic carbocycles. The number of rotatable bonds is 4. The van der Waals surface area contributed by atoms with Crippen LogP contribution in [0.15, 0.2) is 24.4 Å². The summed E-state index contributed by atoms with van der Waals surface area (Å²) in [5, 5.41) is 9.28. The van der Waals surface area contributed by atoms with Crippen molar-refractivity contribution in [2.45, 2.75) is 18.6 Å². The van der Waals surface area contributed by atoms with Gasteiger partial charge in [0.25, 0.3) is 0 Å². The van der Waals surface area contributed by atoms with Gasteiger partial charge >= 0.3 is 0 Å². The van der Waals surface area contributed by atoms with Crippen molar-refractivity contribution in [2.75, 3.05) is 50.8 Å². The van der Waals surface area contributed by atoms with Gasteiger partial charge in [0.15, 0.2) is 0 Å². The van der Waals surface area contributed by atoms with E-state index in [1.54, 1.807) is 6.20 Å². The van der Waals surface area contributed by atoms with Gasteiger partial charge in [0.2, 0.25) is 5.91 Å². The molecule has 2 saturated heterocycles. The molecule has 2 fully saturated rings. The summed E-state index contributed by atoms with van der Waals surface area (Å²) in [7, 11) is 0. The standard InChI is InChI=1S/C16H23FN4O2/c17-13-9-14(12-22)21(10-13)16(23)11-19-5-7-20(8-6-19)15-3-1-2-4-18-15/h1-4,13-14,22H,5-12H2/t13-,14-/m0/s1. The van der Waals surface area contributed by atoms with Crippen LogP contribution < -0.4 is 4.90 Å². The van der Waals surface area contributed by atoms with Crippen LogP contribution in [0.4, 0.5) is 10.2 Å². The van der Waals surface area contributed by atoms with Gasteiger partial charge in [-0.05, 0) is 12.1 Å². The molecule has 2 aliphatic rings. The van der Waals surface area contributed by atoms with Crippen molar-refractivity contribution in [1.29, 1.82) is 0 Å². The average Bonchev–Trinajstić information content (AvgIpc) is 2.97. The molecule has 0 unspecified atom stereocenters. The molecule has 0 radical (unpaired) electrons. The molecule has 1 amide bonds. The lowest BCUT2D eigenvalue weighted by molar-refractivity contribution is -0.134. The number of carbonyl (C=O) groups is 1. The minimum Gasteiger partial charge on any atom is -0.394 e. The maximum Gasteiger partial charge on any atom is 0.237 e. The maximum absolute atomic E-state index is 13.5. The van der Waals surface area contributed by atoms with Gasteiger partial charge in [-0.15, -0.1) is 0 Å². The number of nitrogens with zero attached hydrogens (tertiary/aromatic N) is 4. The second kappa shape index (κ2) is 7.23. The van der Waals surface area contributed by atoms with E-state index < -0.39 is 6.17 Å². The van der Waals surface area contributed by atoms with Crippen LogP contribution in [0, 0.1) is 0 Å². The first-order chi connectivity index (χ1) is 11.2. The molecule has 0 bridgehead atoms. The normalized spacial score (nSPS) is 25.8. The molecule has 6 nitrogen and oxygen atoms in total. The van der Waals surface area contributed by atoms with Crippen molar-refractivity contribution in [3.63, 3.8) is 0 Å². The van der Waals surface area contributed by atoms with E-state index in [0.717, 1.165) is 32.0 Å². The van der Waals surface area contributed by atoms with Crippen molar-refractivity contribution in [3.8, 4) is 0 Å². The highest BCUT2D eigenvalue weighted by Crippen LogP contribution is 2.20. The number of piperazine rings is 1. The summed E-state index contributed by atoms with van der Waals surface area (Å²) in [6, 6.07) is 5.48. The summed E-state index contributed by atoms with van der Waals surface area (Å²) in [6.45, 7) is 3.42. The Labute approximate surface area is 135 Å². The molecule has 126 valence electrons. The molecular formula is C16H23FN4O2. The van der Waals surface area contributed by atoms with Crippen LogP contribution in [0.5, 0.6) is 0 Å². The fourth-order valence-corrected chi connectivity index (χ4v) is 3.30. The van der Waals surface area contributed by atoms with E-state index in [-0.39, 0.29) is 31.5 Å². The van der Waals surface area contributed by atoms with Gasteiger partial charge < -0.3 is 14.9 Å². The lowest BCUT2D eigenvalue weighted by atomic mass is 10.2. The second-order valence-electron chi connectivity index (χ2n) is 6.17. The predicted molar refractivity (Wildman–Crippen MR) is 85.0 cm³/mol. The van der Waals surface area contributed by atoms with E-state index in [9.17, 15) is 14.3 Å². The molecule has 2 atom stereocenters. The molecule has 23 heavy (non-hydrogen) atoms. The van der Waals surface area contributed by atoms with Crippen LogP contribution in [0.3, 0.4) is 0 Å². The summed E-state index contributed by atoms with van der Waals surface area (Å²) in [5.41, 5.74) is 0. The SMILES string of the molecule is O=C(CN1CCN(c2ccccn2)CC1)N1C[C@@H](F)C[C@H]1CO. The van der Waals surface area contributed by atoms with E-state index in [4.69, 9.17) is 0 Å². The van der Waals surface area contributed by atoms with Crippen LogP contribution in [-0.4, -0.2) is 83.9 Å². The molecule has 0 saturated carbocycles. The number of aliphatic hydroxyl groups excluding tert-OH is 1. The highest BCUT2D eigenvalue weighted by atomic mass is 19.1. The number of hydrogen-bond donors (Lipinski definition) is 1. The molecule has 0 spiro atoms. The molecular weight excluding hydrogens is 299 g/mol. The Bertz CT molecular complexity index is 522. The molecule has 3 heterocycles. The zero-order valence-corrected chi connectivity index (χ0v) is 13.1. The number of hydrogen-bond acceptors (Lipinski definition) is 5. The number of halogens is 1. The highest BCUT2D eigenvalue weighted by molar-refractivity contribution is 5.79. The maximum atomic E-state index is 13.5. The third-order valence-electron chi connectivity index (χ3n) is 4.60. The Morgan fingerprint density at radius 1 is 1.30 bits per heavy atom.